The second kappa shape index (κ2) is 5.48. The van der Waals surface area contributed by atoms with Crippen LogP contribution in [0, 0.1) is 10.5 Å². The highest BCUT2D eigenvalue weighted by Gasteiger charge is 2.14. The number of nitrogens with two attached hydrogens (primary N) is 1. The van der Waals surface area contributed by atoms with Crippen molar-refractivity contribution in [1.82, 2.24) is 15.0 Å². The van der Waals surface area contributed by atoms with E-state index in [9.17, 15) is 0 Å². The van der Waals surface area contributed by atoms with Gasteiger partial charge in [-0.2, -0.15) is 0 Å². The molecule has 0 unspecified atom stereocenters. The van der Waals surface area contributed by atoms with Crippen LogP contribution in [0.25, 0.3) is 0 Å². The van der Waals surface area contributed by atoms with E-state index in [2.05, 4.69) is 51.4 Å². The molecule has 0 aliphatic carbocycles. The zero-order valence-electron chi connectivity index (χ0n) is 10.6. The zero-order chi connectivity index (χ0) is 13.3. The van der Waals surface area contributed by atoms with Gasteiger partial charge in [0.15, 0.2) is 0 Å². The molecule has 2 aromatic rings. The van der Waals surface area contributed by atoms with Gasteiger partial charge in [-0.25, -0.2) is 15.0 Å². The Kier molecular flexibility index (Phi) is 4.16. The van der Waals surface area contributed by atoms with Crippen molar-refractivity contribution >= 4 is 39.7 Å². The zero-order valence-corrected chi connectivity index (χ0v) is 13.5. The lowest BCUT2D eigenvalue weighted by molar-refractivity contribution is 0.784. The predicted molar refractivity (Wildman–Crippen MR) is 82.9 cm³/mol. The smallest absolute Gasteiger partial charge is 0.140 e. The minimum atomic E-state index is 0.346. The van der Waals surface area contributed by atoms with Crippen LogP contribution < -0.4 is 5.73 Å². The summed E-state index contributed by atoms with van der Waals surface area (Å²) >= 11 is 3.84. The van der Waals surface area contributed by atoms with Crippen LogP contribution in [0.3, 0.4) is 0 Å². The number of thiazole rings is 1. The van der Waals surface area contributed by atoms with E-state index in [1.54, 1.807) is 11.3 Å². The molecule has 2 aromatic heterocycles. The molecule has 0 spiro atoms. The first-order chi connectivity index (χ1) is 8.47. The van der Waals surface area contributed by atoms with Gasteiger partial charge in [0.2, 0.25) is 0 Å². The fourth-order valence-corrected chi connectivity index (χ4v) is 3.25. The Hall–Kier alpha value is -0.760. The SMILES string of the molecule is Cc1csc(Cc2nc(N)c(I)c(C(C)C)n2)n1. The molecule has 0 aromatic carbocycles. The molecule has 0 atom stereocenters. The third-order valence-electron chi connectivity index (χ3n) is 2.47. The fraction of sp³-hybridized carbons (Fsp3) is 0.417. The number of anilines is 1. The lowest BCUT2D eigenvalue weighted by atomic mass is 10.1. The third kappa shape index (κ3) is 2.97. The summed E-state index contributed by atoms with van der Waals surface area (Å²) in [6, 6.07) is 0. The molecule has 6 heteroatoms. The normalized spacial score (nSPS) is 11.2. The topological polar surface area (TPSA) is 64.7 Å². The van der Waals surface area contributed by atoms with Gasteiger partial charge in [-0.3, -0.25) is 0 Å². The highest BCUT2D eigenvalue weighted by molar-refractivity contribution is 14.1. The Labute approximate surface area is 124 Å². The number of nitrogen functional groups attached to an aromatic ring is 1. The number of hydrogen-bond donors (Lipinski definition) is 1. The van der Waals surface area contributed by atoms with E-state index >= 15 is 0 Å². The lowest BCUT2D eigenvalue weighted by Gasteiger charge is -2.10. The van der Waals surface area contributed by atoms with E-state index in [4.69, 9.17) is 5.73 Å². The molecule has 4 nitrogen and oxygen atoms in total. The molecule has 18 heavy (non-hydrogen) atoms. The molecule has 0 amide bonds. The Bertz CT molecular complexity index is 565. The number of aromatic nitrogens is 3. The molecule has 2 N–H and O–H groups in total. The summed E-state index contributed by atoms with van der Waals surface area (Å²) in [5.41, 5.74) is 8.00. The van der Waals surface area contributed by atoms with E-state index in [0.717, 1.165) is 25.8 Å². The minimum Gasteiger partial charge on any atom is -0.383 e. The highest BCUT2D eigenvalue weighted by atomic mass is 127. The van der Waals surface area contributed by atoms with Crippen LogP contribution >= 0.6 is 33.9 Å². The molecule has 0 fully saturated rings. The van der Waals surface area contributed by atoms with E-state index < -0.39 is 0 Å². The van der Waals surface area contributed by atoms with Gasteiger partial charge in [0.1, 0.15) is 16.6 Å². The molecule has 2 heterocycles. The second-order valence-corrected chi connectivity index (χ2v) is 6.46. The molecule has 0 aliphatic rings. The largest absolute Gasteiger partial charge is 0.383 e. The molecule has 96 valence electrons. The first kappa shape index (κ1) is 13.7. The van der Waals surface area contributed by atoms with Crippen molar-refractivity contribution in [3.8, 4) is 0 Å². The van der Waals surface area contributed by atoms with Gasteiger partial charge in [-0.15, -0.1) is 11.3 Å². The summed E-state index contributed by atoms with van der Waals surface area (Å²) in [5.74, 6) is 1.67. The Morgan fingerprint density at radius 3 is 2.61 bits per heavy atom. The van der Waals surface area contributed by atoms with E-state index in [0.29, 0.717) is 18.2 Å². The number of aryl methyl sites for hydroxylation is 1. The Balaban J connectivity index is 2.34. The number of rotatable bonds is 3. The van der Waals surface area contributed by atoms with Crippen molar-refractivity contribution in [2.45, 2.75) is 33.1 Å². The van der Waals surface area contributed by atoms with Crippen molar-refractivity contribution in [2.75, 3.05) is 5.73 Å². The lowest BCUT2D eigenvalue weighted by Crippen LogP contribution is -2.09. The first-order valence-electron chi connectivity index (χ1n) is 5.70. The van der Waals surface area contributed by atoms with E-state index in [1.165, 1.54) is 0 Å². The molecule has 0 saturated heterocycles. The minimum absolute atomic E-state index is 0.346. The maximum atomic E-state index is 5.94. The van der Waals surface area contributed by atoms with Crippen LogP contribution in [0.15, 0.2) is 5.38 Å². The van der Waals surface area contributed by atoms with E-state index in [1.807, 2.05) is 12.3 Å². The van der Waals surface area contributed by atoms with Crippen LogP contribution in [0.4, 0.5) is 5.82 Å². The van der Waals surface area contributed by atoms with Crippen molar-refractivity contribution in [1.29, 1.82) is 0 Å². The molecular weight excluding hydrogens is 359 g/mol. The number of nitrogens with zero attached hydrogens (tertiary/aromatic N) is 3. The second-order valence-electron chi connectivity index (χ2n) is 4.44. The summed E-state index contributed by atoms with van der Waals surface area (Å²) in [6.45, 7) is 6.21. The van der Waals surface area contributed by atoms with Crippen molar-refractivity contribution in [2.24, 2.45) is 0 Å². The molecule has 0 radical (unpaired) electrons. The molecule has 0 bridgehead atoms. The average Bonchev–Trinajstić information content (AvgIpc) is 2.68. The highest BCUT2D eigenvalue weighted by Crippen LogP contribution is 2.24. The summed E-state index contributed by atoms with van der Waals surface area (Å²) in [5, 5.41) is 3.07. The van der Waals surface area contributed by atoms with Gasteiger partial charge in [0.25, 0.3) is 0 Å². The average molecular weight is 374 g/mol. The van der Waals surface area contributed by atoms with Gasteiger partial charge >= 0.3 is 0 Å². The van der Waals surface area contributed by atoms with Gasteiger partial charge in [0, 0.05) is 11.1 Å². The molecular formula is C12H15IN4S. The van der Waals surface area contributed by atoms with Crippen LogP contribution in [-0.4, -0.2) is 15.0 Å². The van der Waals surface area contributed by atoms with Crippen LogP contribution in [0.2, 0.25) is 0 Å². The number of hydrogen-bond acceptors (Lipinski definition) is 5. The quantitative estimate of drug-likeness (QED) is 0.839. The maximum Gasteiger partial charge on any atom is 0.140 e. The maximum absolute atomic E-state index is 5.94. The molecule has 0 saturated carbocycles. The summed E-state index contributed by atoms with van der Waals surface area (Å²) < 4.78 is 0.960. The summed E-state index contributed by atoms with van der Waals surface area (Å²) in [7, 11) is 0. The van der Waals surface area contributed by atoms with Gasteiger partial charge in [-0.1, -0.05) is 13.8 Å². The fourth-order valence-electron chi connectivity index (χ4n) is 1.61. The monoisotopic (exact) mass is 374 g/mol. The summed E-state index contributed by atoms with van der Waals surface area (Å²) in [6.07, 6.45) is 0.652. The first-order valence-corrected chi connectivity index (χ1v) is 7.66. The Morgan fingerprint density at radius 1 is 1.33 bits per heavy atom. The van der Waals surface area contributed by atoms with Crippen molar-refractivity contribution in [3.63, 3.8) is 0 Å². The van der Waals surface area contributed by atoms with Crippen molar-refractivity contribution < 1.29 is 0 Å². The van der Waals surface area contributed by atoms with Gasteiger partial charge in [-0.05, 0) is 35.4 Å². The third-order valence-corrected chi connectivity index (χ3v) is 4.54. The van der Waals surface area contributed by atoms with Crippen LogP contribution in [0.1, 0.15) is 42.0 Å². The standard InChI is InChI=1S/C12H15IN4S/c1-6(2)11-10(13)12(14)17-8(16-11)4-9-15-7(3)5-18-9/h5-6H,4H2,1-3H3,(H2,14,16,17). The Morgan fingerprint density at radius 2 is 2.06 bits per heavy atom. The van der Waals surface area contributed by atoms with E-state index in [-0.39, 0.29) is 0 Å². The number of halogens is 1. The van der Waals surface area contributed by atoms with Crippen LogP contribution in [0.5, 0.6) is 0 Å². The predicted octanol–water partition coefficient (Wildman–Crippen LogP) is 3.14. The summed E-state index contributed by atoms with van der Waals surface area (Å²) in [4.78, 5) is 13.4. The van der Waals surface area contributed by atoms with Crippen LogP contribution in [-0.2, 0) is 6.42 Å². The molecule has 2 rings (SSSR count). The molecule has 0 aliphatic heterocycles. The van der Waals surface area contributed by atoms with Crippen molar-refractivity contribution in [3.05, 3.63) is 31.2 Å². The van der Waals surface area contributed by atoms with Gasteiger partial charge < -0.3 is 5.73 Å². The van der Waals surface area contributed by atoms with Gasteiger partial charge in [0.05, 0.1) is 15.7 Å².